The minimum absolute atomic E-state index is 0.0301. The van der Waals surface area contributed by atoms with Crippen LogP contribution in [0.2, 0.25) is 5.02 Å². The summed E-state index contributed by atoms with van der Waals surface area (Å²) in [7, 11) is 0. The number of carboxylic acids is 1. The number of aromatic carboxylic acids is 1. The highest BCUT2D eigenvalue weighted by molar-refractivity contribution is 6.32. The molecule has 3 nitrogen and oxygen atoms in total. The molecular formula is C13H8ClFO3. The van der Waals surface area contributed by atoms with E-state index in [4.69, 9.17) is 21.4 Å². The van der Waals surface area contributed by atoms with Crippen LogP contribution in [0.1, 0.15) is 10.4 Å². The maximum absolute atomic E-state index is 13.4. The molecule has 0 aliphatic heterocycles. The second-order valence-corrected chi connectivity index (χ2v) is 3.89. The molecule has 92 valence electrons. The van der Waals surface area contributed by atoms with E-state index in [2.05, 4.69) is 0 Å². The molecule has 1 N–H and O–H groups in total. The van der Waals surface area contributed by atoms with Crippen LogP contribution >= 0.6 is 11.6 Å². The molecule has 0 saturated carbocycles. The fourth-order valence-corrected chi connectivity index (χ4v) is 1.58. The molecule has 2 rings (SSSR count). The molecule has 0 bridgehead atoms. The highest BCUT2D eigenvalue weighted by Crippen LogP contribution is 2.31. The van der Waals surface area contributed by atoms with Gasteiger partial charge in [-0.2, -0.15) is 0 Å². The van der Waals surface area contributed by atoms with Crippen LogP contribution < -0.4 is 4.74 Å². The van der Waals surface area contributed by atoms with E-state index in [0.717, 1.165) is 0 Å². The van der Waals surface area contributed by atoms with Crippen LogP contribution in [0.15, 0.2) is 42.5 Å². The summed E-state index contributed by atoms with van der Waals surface area (Å²) >= 11 is 5.86. The molecule has 0 radical (unpaired) electrons. The summed E-state index contributed by atoms with van der Waals surface area (Å²) in [6, 6.07) is 9.85. The molecule has 2 aromatic carbocycles. The SMILES string of the molecule is O=C(O)c1ccc(Oc2ccccc2F)c(Cl)c1. The van der Waals surface area contributed by atoms with Gasteiger partial charge in [-0.1, -0.05) is 23.7 Å². The number of rotatable bonds is 3. The molecule has 0 aromatic heterocycles. The van der Waals surface area contributed by atoms with Crippen molar-refractivity contribution in [1.29, 1.82) is 0 Å². The van der Waals surface area contributed by atoms with E-state index in [9.17, 15) is 9.18 Å². The van der Waals surface area contributed by atoms with E-state index in [-0.39, 0.29) is 22.1 Å². The first-order valence-electron chi connectivity index (χ1n) is 5.03. The summed E-state index contributed by atoms with van der Waals surface area (Å²) in [4.78, 5) is 10.7. The van der Waals surface area contributed by atoms with Crippen molar-refractivity contribution in [3.05, 3.63) is 58.9 Å². The Balaban J connectivity index is 2.30. The van der Waals surface area contributed by atoms with Crippen LogP contribution in [0, 0.1) is 5.82 Å². The Morgan fingerprint density at radius 3 is 2.50 bits per heavy atom. The summed E-state index contributed by atoms with van der Waals surface area (Å²) in [5.41, 5.74) is 0.0425. The van der Waals surface area contributed by atoms with Gasteiger partial charge in [-0.15, -0.1) is 0 Å². The van der Waals surface area contributed by atoms with Gasteiger partial charge in [0.05, 0.1) is 10.6 Å². The zero-order valence-corrected chi connectivity index (χ0v) is 9.82. The smallest absolute Gasteiger partial charge is 0.335 e. The summed E-state index contributed by atoms with van der Waals surface area (Å²) in [5, 5.41) is 8.88. The minimum atomic E-state index is -1.09. The van der Waals surface area contributed by atoms with Gasteiger partial charge in [-0.3, -0.25) is 0 Å². The first-order chi connectivity index (χ1) is 8.58. The summed E-state index contributed by atoms with van der Waals surface area (Å²) in [5.74, 6) is -1.38. The number of ether oxygens (including phenoxy) is 1. The minimum Gasteiger partial charge on any atom is -0.478 e. The largest absolute Gasteiger partial charge is 0.478 e. The zero-order valence-electron chi connectivity index (χ0n) is 9.06. The van der Waals surface area contributed by atoms with Crippen molar-refractivity contribution in [2.24, 2.45) is 0 Å². The molecule has 0 aliphatic carbocycles. The van der Waals surface area contributed by atoms with E-state index in [1.54, 1.807) is 6.07 Å². The van der Waals surface area contributed by atoms with Gasteiger partial charge in [0.2, 0.25) is 0 Å². The van der Waals surface area contributed by atoms with Gasteiger partial charge in [0, 0.05) is 0 Å². The lowest BCUT2D eigenvalue weighted by atomic mass is 10.2. The van der Waals surface area contributed by atoms with Gasteiger partial charge in [0.25, 0.3) is 0 Å². The third-order valence-corrected chi connectivity index (χ3v) is 2.53. The van der Waals surface area contributed by atoms with E-state index in [1.165, 1.54) is 36.4 Å². The number of benzene rings is 2. The Bertz CT molecular complexity index is 599. The Labute approximate surface area is 107 Å². The number of carbonyl (C=O) groups is 1. The molecule has 0 spiro atoms. The van der Waals surface area contributed by atoms with E-state index < -0.39 is 11.8 Å². The van der Waals surface area contributed by atoms with Crippen LogP contribution in [0.3, 0.4) is 0 Å². The predicted molar refractivity (Wildman–Crippen MR) is 64.9 cm³/mol. The Morgan fingerprint density at radius 2 is 1.89 bits per heavy atom. The van der Waals surface area contributed by atoms with Crippen LogP contribution in [0.5, 0.6) is 11.5 Å². The average Bonchev–Trinajstić information content (AvgIpc) is 2.34. The normalized spacial score (nSPS) is 10.1. The van der Waals surface area contributed by atoms with Crippen molar-refractivity contribution >= 4 is 17.6 Å². The van der Waals surface area contributed by atoms with Crippen molar-refractivity contribution < 1.29 is 19.0 Å². The van der Waals surface area contributed by atoms with Crippen molar-refractivity contribution in [1.82, 2.24) is 0 Å². The van der Waals surface area contributed by atoms with Crippen molar-refractivity contribution in [2.75, 3.05) is 0 Å². The summed E-state index contributed by atoms with van der Waals surface area (Å²) in [6.07, 6.45) is 0. The maximum Gasteiger partial charge on any atom is 0.335 e. The molecule has 0 saturated heterocycles. The Kier molecular flexibility index (Phi) is 3.48. The lowest BCUT2D eigenvalue weighted by molar-refractivity contribution is 0.0697. The Morgan fingerprint density at radius 1 is 1.17 bits per heavy atom. The molecular weight excluding hydrogens is 259 g/mol. The van der Waals surface area contributed by atoms with Gasteiger partial charge in [-0.05, 0) is 30.3 Å². The molecule has 2 aromatic rings. The fourth-order valence-electron chi connectivity index (χ4n) is 1.36. The second-order valence-electron chi connectivity index (χ2n) is 3.48. The third kappa shape index (κ3) is 2.60. The van der Waals surface area contributed by atoms with Gasteiger partial charge >= 0.3 is 5.97 Å². The summed E-state index contributed by atoms with van der Waals surface area (Å²) in [6.45, 7) is 0. The van der Waals surface area contributed by atoms with Gasteiger partial charge in [0.15, 0.2) is 11.6 Å². The monoisotopic (exact) mass is 266 g/mol. The van der Waals surface area contributed by atoms with E-state index in [0.29, 0.717) is 0 Å². The number of carboxylic acid groups (broad SMARTS) is 1. The number of halogens is 2. The quantitative estimate of drug-likeness (QED) is 0.914. The first-order valence-corrected chi connectivity index (χ1v) is 5.41. The molecule has 0 atom stereocenters. The van der Waals surface area contributed by atoms with Crippen LogP contribution in [-0.4, -0.2) is 11.1 Å². The molecule has 0 fully saturated rings. The van der Waals surface area contributed by atoms with Crippen LogP contribution in [0.4, 0.5) is 4.39 Å². The summed E-state index contributed by atoms with van der Waals surface area (Å²) < 4.78 is 18.6. The van der Waals surface area contributed by atoms with Gasteiger partial charge in [0.1, 0.15) is 5.75 Å². The fraction of sp³-hybridized carbons (Fsp3) is 0. The zero-order chi connectivity index (χ0) is 13.1. The predicted octanol–water partition coefficient (Wildman–Crippen LogP) is 3.97. The lowest BCUT2D eigenvalue weighted by Crippen LogP contribution is -1.96. The van der Waals surface area contributed by atoms with Crippen LogP contribution in [0.25, 0.3) is 0 Å². The van der Waals surface area contributed by atoms with E-state index in [1.807, 2.05) is 0 Å². The number of para-hydroxylation sites is 1. The number of hydrogen-bond acceptors (Lipinski definition) is 2. The van der Waals surface area contributed by atoms with Crippen molar-refractivity contribution in [3.63, 3.8) is 0 Å². The number of hydrogen-bond donors (Lipinski definition) is 1. The standard InChI is InChI=1S/C13H8ClFO3/c14-9-7-8(13(16)17)5-6-11(9)18-12-4-2-1-3-10(12)15/h1-7H,(H,16,17). The van der Waals surface area contributed by atoms with Gasteiger partial charge in [-0.25, -0.2) is 9.18 Å². The van der Waals surface area contributed by atoms with Crippen molar-refractivity contribution in [2.45, 2.75) is 0 Å². The second kappa shape index (κ2) is 5.06. The topological polar surface area (TPSA) is 46.5 Å². The molecule has 5 heteroatoms. The highest BCUT2D eigenvalue weighted by atomic mass is 35.5. The highest BCUT2D eigenvalue weighted by Gasteiger charge is 2.10. The first kappa shape index (κ1) is 12.4. The third-order valence-electron chi connectivity index (χ3n) is 2.24. The van der Waals surface area contributed by atoms with E-state index >= 15 is 0 Å². The molecule has 0 heterocycles. The molecule has 0 aliphatic rings. The average molecular weight is 267 g/mol. The lowest BCUT2D eigenvalue weighted by Gasteiger charge is -2.08. The molecule has 18 heavy (non-hydrogen) atoms. The Hall–Kier alpha value is -2.07. The van der Waals surface area contributed by atoms with Crippen LogP contribution in [-0.2, 0) is 0 Å². The maximum atomic E-state index is 13.4. The molecule has 0 unspecified atom stereocenters. The van der Waals surface area contributed by atoms with Gasteiger partial charge < -0.3 is 9.84 Å². The molecule has 0 amide bonds. The van der Waals surface area contributed by atoms with Crippen molar-refractivity contribution in [3.8, 4) is 11.5 Å².